The Labute approximate surface area is 163 Å². The molecule has 2 amide bonds. The van der Waals surface area contributed by atoms with Crippen molar-refractivity contribution in [3.05, 3.63) is 54.0 Å². The van der Waals surface area contributed by atoms with Gasteiger partial charge in [-0.3, -0.25) is 9.78 Å². The third-order valence-corrected chi connectivity index (χ3v) is 5.45. The van der Waals surface area contributed by atoms with Crippen molar-refractivity contribution >= 4 is 12.0 Å². The molecule has 2 heterocycles. The predicted molar refractivity (Wildman–Crippen MR) is 103 cm³/mol. The Morgan fingerprint density at radius 3 is 2.71 bits per heavy atom. The van der Waals surface area contributed by atoms with Gasteiger partial charge < -0.3 is 15.3 Å². The van der Waals surface area contributed by atoms with Gasteiger partial charge in [0.05, 0.1) is 11.3 Å². The van der Waals surface area contributed by atoms with Crippen molar-refractivity contribution in [3.63, 3.8) is 0 Å². The number of benzene rings is 1. The number of hydrogen-bond donors (Lipinski definition) is 2. The lowest BCUT2D eigenvalue weighted by Gasteiger charge is -2.42. The molecule has 148 valence electrons. The van der Waals surface area contributed by atoms with Gasteiger partial charge in [-0.1, -0.05) is 26.0 Å². The number of halogens is 1. The van der Waals surface area contributed by atoms with Crippen LogP contribution >= 0.6 is 0 Å². The number of piperidine rings is 1. The lowest BCUT2D eigenvalue weighted by Crippen LogP contribution is -2.56. The number of rotatable bonds is 4. The number of hydrogen-bond acceptors (Lipinski definition) is 3. The Hall–Kier alpha value is -2.96. The summed E-state index contributed by atoms with van der Waals surface area (Å²) in [7, 11) is 0. The quantitative estimate of drug-likeness (QED) is 0.839. The van der Waals surface area contributed by atoms with Gasteiger partial charge in [0, 0.05) is 30.4 Å². The number of carbonyl (C=O) groups is 2. The van der Waals surface area contributed by atoms with Gasteiger partial charge in [0.15, 0.2) is 0 Å². The molecule has 2 aromatic rings. The Morgan fingerprint density at radius 1 is 1.32 bits per heavy atom. The summed E-state index contributed by atoms with van der Waals surface area (Å²) in [6, 6.07) is 9.26. The highest BCUT2D eigenvalue weighted by Gasteiger charge is 2.37. The van der Waals surface area contributed by atoms with Gasteiger partial charge in [0.1, 0.15) is 5.82 Å². The normalized spacial score (nSPS) is 22.0. The van der Waals surface area contributed by atoms with Crippen LogP contribution in [0.15, 0.2) is 42.6 Å². The van der Waals surface area contributed by atoms with Crippen molar-refractivity contribution in [2.45, 2.75) is 38.8 Å². The van der Waals surface area contributed by atoms with Gasteiger partial charge >= 0.3 is 6.09 Å². The van der Waals surface area contributed by atoms with Crippen LogP contribution in [0, 0.1) is 11.7 Å². The number of pyridine rings is 1. The second-order valence-electron chi connectivity index (χ2n) is 7.12. The van der Waals surface area contributed by atoms with Crippen LogP contribution in [0.2, 0.25) is 0 Å². The van der Waals surface area contributed by atoms with Crippen LogP contribution in [0.25, 0.3) is 11.3 Å². The summed E-state index contributed by atoms with van der Waals surface area (Å²) in [5.74, 6) is -0.569. The van der Waals surface area contributed by atoms with Crippen molar-refractivity contribution in [1.82, 2.24) is 15.2 Å². The van der Waals surface area contributed by atoms with E-state index in [0.29, 0.717) is 36.2 Å². The first-order chi connectivity index (χ1) is 13.4. The Morgan fingerprint density at radius 2 is 2.11 bits per heavy atom. The molecule has 7 heteroatoms. The number of likely N-dealkylation sites (tertiary alicyclic amines) is 1. The van der Waals surface area contributed by atoms with E-state index in [0.717, 1.165) is 0 Å². The van der Waals surface area contributed by atoms with Crippen LogP contribution in [0.4, 0.5) is 9.18 Å². The number of carboxylic acid groups (broad SMARTS) is 1. The zero-order chi connectivity index (χ0) is 20.3. The molecule has 1 saturated heterocycles. The summed E-state index contributed by atoms with van der Waals surface area (Å²) in [6.07, 6.45) is 1.83. The number of nitrogens with zero attached hydrogens (tertiary/aromatic N) is 2. The number of aromatic nitrogens is 1. The zero-order valence-corrected chi connectivity index (χ0v) is 15.9. The minimum absolute atomic E-state index is 0.0123. The van der Waals surface area contributed by atoms with Crippen molar-refractivity contribution in [1.29, 1.82) is 0 Å². The third kappa shape index (κ3) is 4.13. The van der Waals surface area contributed by atoms with Crippen molar-refractivity contribution in [2.75, 3.05) is 6.54 Å². The lowest BCUT2D eigenvalue weighted by atomic mass is 9.84. The summed E-state index contributed by atoms with van der Waals surface area (Å²) in [5.41, 5.74) is 1.65. The van der Waals surface area contributed by atoms with Crippen molar-refractivity contribution in [3.8, 4) is 11.3 Å². The van der Waals surface area contributed by atoms with E-state index in [1.807, 2.05) is 13.8 Å². The summed E-state index contributed by atoms with van der Waals surface area (Å²) >= 11 is 0. The van der Waals surface area contributed by atoms with Crippen molar-refractivity contribution in [2.24, 2.45) is 5.92 Å². The Kier molecular flexibility index (Phi) is 5.92. The topological polar surface area (TPSA) is 82.5 Å². The Balaban J connectivity index is 1.68. The smallest absolute Gasteiger partial charge is 0.407 e. The highest BCUT2D eigenvalue weighted by atomic mass is 19.1. The number of amides is 2. The fraction of sp³-hybridized carbons (Fsp3) is 0.381. The van der Waals surface area contributed by atoms with Crippen LogP contribution in [0.5, 0.6) is 0 Å². The summed E-state index contributed by atoms with van der Waals surface area (Å²) < 4.78 is 13.4. The monoisotopic (exact) mass is 385 g/mol. The molecule has 0 spiro atoms. The molecule has 1 unspecified atom stereocenters. The summed E-state index contributed by atoms with van der Waals surface area (Å²) in [4.78, 5) is 29.8. The van der Waals surface area contributed by atoms with Gasteiger partial charge in [0.2, 0.25) is 0 Å². The van der Waals surface area contributed by atoms with Crippen LogP contribution < -0.4 is 5.32 Å². The van der Waals surface area contributed by atoms with E-state index >= 15 is 0 Å². The Bertz CT molecular complexity index is 856. The minimum Gasteiger partial charge on any atom is -0.465 e. The first kappa shape index (κ1) is 19.8. The standard InChI is InChI=1S/C21H24FN3O3/c1-3-19-13(2)17(9-10-25(19)21(27)28)24-20(26)15-7-8-18(23-12-15)14-5-4-6-16(22)11-14/h4-8,11-13,17,19H,3,9-10H2,1-2H3,(H,24,26)(H,27,28)/t13-,17+,19?/m1/s1. The minimum atomic E-state index is -0.916. The fourth-order valence-corrected chi connectivity index (χ4v) is 3.89. The molecule has 3 atom stereocenters. The first-order valence-corrected chi connectivity index (χ1v) is 9.43. The van der Waals surface area contributed by atoms with E-state index in [9.17, 15) is 19.1 Å². The van der Waals surface area contributed by atoms with E-state index in [4.69, 9.17) is 0 Å². The zero-order valence-electron chi connectivity index (χ0n) is 15.9. The first-order valence-electron chi connectivity index (χ1n) is 9.43. The molecule has 1 aromatic heterocycles. The highest BCUT2D eigenvalue weighted by molar-refractivity contribution is 5.94. The maximum atomic E-state index is 13.4. The molecular weight excluding hydrogens is 361 g/mol. The SMILES string of the molecule is CCC1[C@H](C)[C@@H](NC(=O)c2ccc(-c3cccc(F)c3)nc2)CCN1C(=O)O. The van der Waals surface area contributed by atoms with E-state index in [1.54, 1.807) is 24.3 Å². The maximum absolute atomic E-state index is 13.4. The maximum Gasteiger partial charge on any atom is 0.407 e. The average Bonchev–Trinajstić information content (AvgIpc) is 2.69. The molecule has 0 bridgehead atoms. The van der Waals surface area contributed by atoms with Gasteiger partial charge in [-0.15, -0.1) is 0 Å². The molecule has 1 aliphatic heterocycles. The number of carbonyl (C=O) groups excluding carboxylic acids is 1. The molecule has 0 saturated carbocycles. The molecule has 0 aliphatic carbocycles. The lowest BCUT2D eigenvalue weighted by molar-refractivity contribution is 0.0601. The van der Waals surface area contributed by atoms with E-state index in [2.05, 4.69) is 10.3 Å². The third-order valence-electron chi connectivity index (χ3n) is 5.45. The van der Waals surface area contributed by atoms with Crippen LogP contribution in [-0.2, 0) is 0 Å². The molecule has 28 heavy (non-hydrogen) atoms. The fourth-order valence-electron chi connectivity index (χ4n) is 3.89. The van der Waals surface area contributed by atoms with E-state index < -0.39 is 6.09 Å². The number of nitrogens with one attached hydrogen (secondary N) is 1. The van der Waals surface area contributed by atoms with E-state index in [-0.39, 0.29) is 29.7 Å². The molecule has 3 rings (SSSR count). The summed E-state index contributed by atoms with van der Waals surface area (Å²) in [5, 5.41) is 12.4. The molecule has 0 radical (unpaired) electrons. The largest absolute Gasteiger partial charge is 0.465 e. The van der Waals surface area contributed by atoms with Crippen molar-refractivity contribution < 1.29 is 19.1 Å². The second-order valence-corrected chi connectivity index (χ2v) is 7.12. The second kappa shape index (κ2) is 8.37. The van der Waals surface area contributed by atoms with Crippen LogP contribution in [0.3, 0.4) is 0 Å². The molecule has 6 nitrogen and oxygen atoms in total. The van der Waals surface area contributed by atoms with Crippen LogP contribution in [-0.4, -0.2) is 45.6 Å². The highest BCUT2D eigenvalue weighted by Crippen LogP contribution is 2.26. The molecule has 1 aromatic carbocycles. The van der Waals surface area contributed by atoms with E-state index in [1.165, 1.54) is 23.2 Å². The van der Waals surface area contributed by atoms with Gasteiger partial charge in [-0.2, -0.15) is 0 Å². The molecule has 1 aliphatic rings. The molecule has 2 N–H and O–H groups in total. The van der Waals surface area contributed by atoms with Crippen LogP contribution in [0.1, 0.15) is 37.0 Å². The van der Waals surface area contributed by atoms with Gasteiger partial charge in [-0.05, 0) is 43.0 Å². The summed E-state index contributed by atoms with van der Waals surface area (Å²) in [6.45, 7) is 4.33. The van der Waals surface area contributed by atoms with Gasteiger partial charge in [0.25, 0.3) is 5.91 Å². The predicted octanol–water partition coefficient (Wildman–Crippen LogP) is 3.78. The molecular formula is C21H24FN3O3. The van der Waals surface area contributed by atoms with Gasteiger partial charge in [-0.25, -0.2) is 9.18 Å². The molecule has 1 fully saturated rings. The average molecular weight is 385 g/mol.